The first kappa shape index (κ1) is 11.2. The van der Waals surface area contributed by atoms with Crippen molar-refractivity contribution in [3.8, 4) is 0 Å². The van der Waals surface area contributed by atoms with E-state index in [0.717, 1.165) is 12.5 Å². The highest BCUT2D eigenvalue weighted by Crippen LogP contribution is 2.00. The Labute approximate surface area is 73.0 Å². The van der Waals surface area contributed by atoms with Gasteiger partial charge in [-0.3, -0.25) is 0 Å². The summed E-state index contributed by atoms with van der Waals surface area (Å²) in [5.41, 5.74) is 0. The van der Waals surface area contributed by atoms with Gasteiger partial charge in [0.2, 0.25) is 0 Å². The third-order valence-corrected chi connectivity index (χ3v) is 1.56. The van der Waals surface area contributed by atoms with Crippen molar-refractivity contribution in [2.45, 2.75) is 32.3 Å². The lowest BCUT2D eigenvalue weighted by atomic mass is 10.1. The SMILES string of the molecule is C=CC(=O)OCCCC(O)CC. The zero-order valence-electron chi connectivity index (χ0n) is 7.45. The van der Waals surface area contributed by atoms with E-state index in [-0.39, 0.29) is 6.10 Å². The van der Waals surface area contributed by atoms with Crippen molar-refractivity contribution >= 4 is 5.97 Å². The number of hydrogen-bond donors (Lipinski definition) is 1. The molecule has 3 heteroatoms. The number of carbonyl (C=O) groups is 1. The molecule has 3 nitrogen and oxygen atoms in total. The van der Waals surface area contributed by atoms with Crippen LogP contribution in [-0.4, -0.2) is 23.8 Å². The van der Waals surface area contributed by atoms with Gasteiger partial charge < -0.3 is 9.84 Å². The van der Waals surface area contributed by atoms with Crippen LogP contribution in [0.4, 0.5) is 0 Å². The second-order valence-corrected chi connectivity index (χ2v) is 2.58. The van der Waals surface area contributed by atoms with E-state index < -0.39 is 5.97 Å². The highest BCUT2D eigenvalue weighted by molar-refractivity contribution is 5.81. The molecule has 0 saturated heterocycles. The van der Waals surface area contributed by atoms with Gasteiger partial charge >= 0.3 is 5.97 Å². The molecule has 1 atom stereocenters. The Morgan fingerprint density at radius 3 is 2.92 bits per heavy atom. The van der Waals surface area contributed by atoms with Crippen LogP contribution in [0.2, 0.25) is 0 Å². The molecular weight excluding hydrogens is 156 g/mol. The van der Waals surface area contributed by atoms with Crippen LogP contribution in [0, 0.1) is 0 Å². The summed E-state index contributed by atoms with van der Waals surface area (Å²) >= 11 is 0. The fraction of sp³-hybridized carbons (Fsp3) is 0.667. The quantitative estimate of drug-likeness (QED) is 0.373. The minimum atomic E-state index is -0.402. The number of ether oxygens (including phenoxy) is 1. The van der Waals surface area contributed by atoms with Gasteiger partial charge in [0.05, 0.1) is 12.7 Å². The van der Waals surface area contributed by atoms with Crippen molar-refractivity contribution in [1.82, 2.24) is 0 Å². The summed E-state index contributed by atoms with van der Waals surface area (Å²) in [7, 11) is 0. The van der Waals surface area contributed by atoms with Gasteiger partial charge in [0.15, 0.2) is 0 Å². The second kappa shape index (κ2) is 6.85. The maximum absolute atomic E-state index is 10.5. The molecule has 0 aromatic heterocycles. The molecule has 0 aromatic carbocycles. The molecule has 0 rings (SSSR count). The fourth-order valence-electron chi connectivity index (χ4n) is 0.755. The van der Waals surface area contributed by atoms with Crippen molar-refractivity contribution in [3.05, 3.63) is 12.7 Å². The van der Waals surface area contributed by atoms with Crippen LogP contribution in [0.15, 0.2) is 12.7 Å². The minimum absolute atomic E-state index is 0.271. The molecule has 0 amide bonds. The van der Waals surface area contributed by atoms with Crippen LogP contribution < -0.4 is 0 Å². The number of esters is 1. The summed E-state index contributed by atoms with van der Waals surface area (Å²) in [6.07, 6.45) is 2.99. The fourth-order valence-corrected chi connectivity index (χ4v) is 0.755. The van der Waals surface area contributed by atoms with E-state index >= 15 is 0 Å². The predicted octanol–water partition coefficient (Wildman–Crippen LogP) is 1.27. The Morgan fingerprint density at radius 1 is 1.75 bits per heavy atom. The average molecular weight is 172 g/mol. The minimum Gasteiger partial charge on any atom is -0.463 e. The average Bonchev–Trinajstić information content (AvgIpc) is 2.11. The van der Waals surface area contributed by atoms with E-state index in [1.807, 2.05) is 6.92 Å². The molecule has 0 saturated carbocycles. The van der Waals surface area contributed by atoms with Crippen molar-refractivity contribution < 1.29 is 14.6 Å². The van der Waals surface area contributed by atoms with Crippen LogP contribution in [-0.2, 0) is 9.53 Å². The number of carbonyl (C=O) groups excluding carboxylic acids is 1. The van der Waals surface area contributed by atoms with E-state index in [0.29, 0.717) is 19.4 Å². The maximum atomic E-state index is 10.5. The van der Waals surface area contributed by atoms with Crippen LogP contribution >= 0.6 is 0 Å². The number of aliphatic hydroxyl groups is 1. The predicted molar refractivity (Wildman–Crippen MR) is 46.7 cm³/mol. The highest BCUT2D eigenvalue weighted by Gasteiger charge is 2.00. The zero-order chi connectivity index (χ0) is 9.40. The van der Waals surface area contributed by atoms with E-state index in [9.17, 15) is 4.79 Å². The van der Waals surface area contributed by atoms with Crippen molar-refractivity contribution in [3.63, 3.8) is 0 Å². The van der Waals surface area contributed by atoms with E-state index in [1.54, 1.807) is 0 Å². The van der Waals surface area contributed by atoms with Gasteiger partial charge in [0.25, 0.3) is 0 Å². The van der Waals surface area contributed by atoms with Crippen molar-refractivity contribution in [1.29, 1.82) is 0 Å². The summed E-state index contributed by atoms with van der Waals surface area (Å²) < 4.78 is 4.72. The van der Waals surface area contributed by atoms with Gasteiger partial charge in [-0.1, -0.05) is 13.5 Å². The molecule has 0 bridgehead atoms. The van der Waals surface area contributed by atoms with Gasteiger partial charge in [-0.2, -0.15) is 0 Å². The second-order valence-electron chi connectivity index (χ2n) is 2.58. The Balaban J connectivity index is 3.21. The molecule has 0 spiro atoms. The lowest BCUT2D eigenvalue weighted by Gasteiger charge is -2.06. The summed E-state index contributed by atoms with van der Waals surface area (Å²) in [5.74, 6) is -0.402. The largest absolute Gasteiger partial charge is 0.463 e. The molecule has 70 valence electrons. The molecule has 12 heavy (non-hydrogen) atoms. The Bertz CT molecular complexity index is 143. The van der Waals surface area contributed by atoms with Gasteiger partial charge in [-0.25, -0.2) is 4.79 Å². The van der Waals surface area contributed by atoms with Gasteiger partial charge in [0, 0.05) is 6.08 Å². The lowest BCUT2D eigenvalue weighted by molar-refractivity contribution is -0.138. The van der Waals surface area contributed by atoms with Crippen LogP contribution in [0.25, 0.3) is 0 Å². The summed E-state index contributed by atoms with van der Waals surface area (Å²) in [6, 6.07) is 0. The normalized spacial score (nSPS) is 12.2. The standard InChI is InChI=1S/C9H16O3/c1-3-8(10)6-5-7-12-9(11)4-2/h4,8,10H,2-3,5-7H2,1H3. The van der Waals surface area contributed by atoms with E-state index in [1.165, 1.54) is 0 Å². The van der Waals surface area contributed by atoms with Crippen LogP contribution in [0.5, 0.6) is 0 Å². The highest BCUT2D eigenvalue weighted by atomic mass is 16.5. The molecule has 1 N–H and O–H groups in total. The Morgan fingerprint density at radius 2 is 2.42 bits per heavy atom. The van der Waals surface area contributed by atoms with Crippen LogP contribution in [0.3, 0.4) is 0 Å². The molecule has 0 aliphatic heterocycles. The van der Waals surface area contributed by atoms with Crippen molar-refractivity contribution in [2.75, 3.05) is 6.61 Å². The zero-order valence-corrected chi connectivity index (χ0v) is 7.45. The maximum Gasteiger partial charge on any atom is 0.330 e. The monoisotopic (exact) mass is 172 g/mol. The number of hydrogen-bond acceptors (Lipinski definition) is 3. The van der Waals surface area contributed by atoms with Crippen LogP contribution in [0.1, 0.15) is 26.2 Å². The molecule has 0 heterocycles. The first-order valence-electron chi connectivity index (χ1n) is 4.18. The summed E-state index contributed by atoms with van der Waals surface area (Å²) in [4.78, 5) is 10.5. The summed E-state index contributed by atoms with van der Waals surface area (Å²) in [5, 5.41) is 9.12. The first-order chi connectivity index (χ1) is 5.70. The molecule has 1 unspecified atom stereocenters. The van der Waals surface area contributed by atoms with Crippen molar-refractivity contribution in [2.24, 2.45) is 0 Å². The Kier molecular flexibility index (Phi) is 6.38. The van der Waals surface area contributed by atoms with Gasteiger partial charge in [-0.05, 0) is 19.3 Å². The smallest absolute Gasteiger partial charge is 0.330 e. The third kappa shape index (κ3) is 5.92. The third-order valence-electron chi connectivity index (χ3n) is 1.56. The number of aliphatic hydroxyl groups excluding tert-OH is 1. The molecular formula is C9H16O3. The van der Waals surface area contributed by atoms with E-state index in [2.05, 4.69) is 6.58 Å². The topological polar surface area (TPSA) is 46.5 Å². The molecule has 0 aliphatic carbocycles. The lowest BCUT2D eigenvalue weighted by Crippen LogP contribution is -2.08. The molecule has 0 radical (unpaired) electrons. The summed E-state index contributed by atoms with van der Waals surface area (Å²) in [6.45, 7) is 5.55. The van der Waals surface area contributed by atoms with Gasteiger partial charge in [-0.15, -0.1) is 0 Å². The molecule has 0 aliphatic rings. The molecule has 0 fully saturated rings. The van der Waals surface area contributed by atoms with Gasteiger partial charge in [0.1, 0.15) is 0 Å². The Hall–Kier alpha value is -0.830. The molecule has 0 aromatic rings. The number of rotatable bonds is 6. The first-order valence-corrected chi connectivity index (χ1v) is 4.18. The van der Waals surface area contributed by atoms with E-state index in [4.69, 9.17) is 9.84 Å².